The number of pyridine rings is 1. The molecule has 76 valence electrons. The van der Waals surface area contributed by atoms with Crippen molar-refractivity contribution >= 4 is 17.6 Å². The van der Waals surface area contributed by atoms with E-state index in [1.165, 1.54) is 17.1 Å². The lowest BCUT2D eigenvalue weighted by Crippen LogP contribution is -1.97. The van der Waals surface area contributed by atoms with Crippen molar-refractivity contribution in [2.75, 3.05) is 0 Å². The van der Waals surface area contributed by atoms with E-state index in [0.717, 1.165) is 0 Å². The quantitative estimate of drug-likeness (QED) is 0.786. The Labute approximate surface area is 89.9 Å². The summed E-state index contributed by atoms with van der Waals surface area (Å²) >= 11 is 5.83. The largest absolute Gasteiger partial charge is 0.478 e. The number of carboxylic acids is 1. The first-order chi connectivity index (χ1) is 7.18. The summed E-state index contributed by atoms with van der Waals surface area (Å²) in [6, 6.07) is 3.40. The maximum absolute atomic E-state index is 10.6. The van der Waals surface area contributed by atoms with E-state index in [0.29, 0.717) is 5.69 Å². The minimum atomic E-state index is -1.03. The predicted octanol–water partition coefficient (Wildman–Crippen LogP) is 1.62. The van der Waals surface area contributed by atoms with Crippen molar-refractivity contribution in [2.24, 2.45) is 0 Å². The summed E-state index contributed by atoms with van der Waals surface area (Å²) in [5.41, 5.74) is 0.654. The molecule has 6 heteroatoms. The summed E-state index contributed by atoms with van der Waals surface area (Å²) in [5, 5.41) is 12.9. The zero-order valence-electron chi connectivity index (χ0n) is 7.46. The van der Waals surface area contributed by atoms with E-state index in [2.05, 4.69) is 10.1 Å². The summed E-state index contributed by atoms with van der Waals surface area (Å²) in [6.07, 6.45) is 4.18. The van der Waals surface area contributed by atoms with Crippen LogP contribution in [0.2, 0.25) is 5.15 Å². The summed E-state index contributed by atoms with van der Waals surface area (Å²) in [7, 11) is 0. The zero-order chi connectivity index (χ0) is 10.8. The Morgan fingerprint density at radius 1 is 1.53 bits per heavy atom. The highest BCUT2D eigenvalue weighted by molar-refractivity contribution is 6.31. The highest BCUT2D eigenvalue weighted by Crippen LogP contribution is 2.16. The van der Waals surface area contributed by atoms with Crippen molar-refractivity contribution in [3.05, 3.63) is 41.4 Å². The molecule has 5 nitrogen and oxygen atoms in total. The molecule has 0 saturated heterocycles. The average molecular weight is 224 g/mol. The fourth-order valence-electron chi connectivity index (χ4n) is 1.11. The molecule has 0 aromatic carbocycles. The minimum Gasteiger partial charge on any atom is -0.478 e. The van der Waals surface area contributed by atoms with Gasteiger partial charge in [-0.3, -0.25) is 0 Å². The number of aromatic nitrogens is 3. The zero-order valence-corrected chi connectivity index (χ0v) is 8.22. The first-order valence-corrected chi connectivity index (χ1v) is 4.45. The van der Waals surface area contributed by atoms with Crippen LogP contribution in [0.25, 0.3) is 5.69 Å². The van der Waals surface area contributed by atoms with Crippen molar-refractivity contribution in [1.29, 1.82) is 0 Å². The summed E-state index contributed by atoms with van der Waals surface area (Å²) < 4.78 is 1.37. The Morgan fingerprint density at radius 3 is 2.93 bits per heavy atom. The number of carboxylic acid groups (broad SMARTS) is 1. The molecule has 15 heavy (non-hydrogen) atoms. The number of halogens is 1. The number of rotatable bonds is 2. The predicted molar refractivity (Wildman–Crippen MR) is 53.3 cm³/mol. The lowest BCUT2D eigenvalue weighted by atomic mass is 10.4. The Hall–Kier alpha value is -1.88. The summed E-state index contributed by atoms with van der Waals surface area (Å²) in [6.45, 7) is 0. The third-order valence-electron chi connectivity index (χ3n) is 1.82. The molecule has 0 bridgehead atoms. The minimum absolute atomic E-state index is 0.106. The molecule has 2 aromatic rings. The third kappa shape index (κ3) is 1.82. The number of hydrogen-bond donors (Lipinski definition) is 1. The maximum Gasteiger partial charge on any atom is 0.338 e. The second-order valence-electron chi connectivity index (χ2n) is 2.79. The van der Waals surface area contributed by atoms with E-state index in [4.69, 9.17) is 16.7 Å². The van der Waals surface area contributed by atoms with Crippen LogP contribution in [0.1, 0.15) is 10.4 Å². The van der Waals surface area contributed by atoms with Crippen molar-refractivity contribution < 1.29 is 9.90 Å². The van der Waals surface area contributed by atoms with Crippen LogP contribution < -0.4 is 0 Å². The molecular weight excluding hydrogens is 218 g/mol. The maximum atomic E-state index is 10.6. The van der Waals surface area contributed by atoms with Gasteiger partial charge in [-0.25, -0.2) is 14.5 Å². The van der Waals surface area contributed by atoms with Crippen molar-refractivity contribution in [1.82, 2.24) is 14.8 Å². The molecule has 0 saturated carbocycles. The molecule has 0 spiro atoms. The average Bonchev–Trinajstić information content (AvgIpc) is 2.67. The molecule has 2 heterocycles. The van der Waals surface area contributed by atoms with Crippen LogP contribution in [0, 0.1) is 0 Å². The van der Waals surface area contributed by atoms with E-state index < -0.39 is 5.97 Å². The molecule has 0 amide bonds. The topological polar surface area (TPSA) is 68.0 Å². The van der Waals surface area contributed by atoms with Gasteiger partial charge in [0.15, 0.2) is 5.15 Å². The van der Waals surface area contributed by atoms with Crippen LogP contribution in [0.4, 0.5) is 0 Å². The normalized spacial score (nSPS) is 10.2. The van der Waals surface area contributed by atoms with Crippen LogP contribution in [-0.2, 0) is 0 Å². The molecular formula is C9H6ClN3O2. The molecule has 0 unspecified atom stereocenters. The van der Waals surface area contributed by atoms with Crippen LogP contribution in [0.3, 0.4) is 0 Å². The molecule has 0 aliphatic heterocycles. The van der Waals surface area contributed by atoms with E-state index >= 15 is 0 Å². The Morgan fingerprint density at radius 2 is 2.33 bits per heavy atom. The van der Waals surface area contributed by atoms with Crippen LogP contribution in [0.5, 0.6) is 0 Å². The van der Waals surface area contributed by atoms with E-state index in [1.807, 2.05) is 0 Å². The van der Waals surface area contributed by atoms with Gasteiger partial charge in [0.25, 0.3) is 0 Å². The van der Waals surface area contributed by atoms with Gasteiger partial charge in [0.2, 0.25) is 0 Å². The molecule has 0 atom stereocenters. The van der Waals surface area contributed by atoms with Crippen LogP contribution in [-0.4, -0.2) is 25.8 Å². The van der Waals surface area contributed by atoms with Gasteiger partial charge in [-0.1, -0.05) is 11.6 Å². The Kier molecular flexibility index (Phi) is 2.39. The molecule has 0 aliphatic rings. The highest BCUT2D eigenvalue weighted by Gasteiger charge is 2.09. The van der Waals surface area contributed by atoms with Crippen LogP contribution in [0.15, 0.2) is 30.7 Å². The molecule has 0 aliphatic carbocycles. The molecule has 2 rings (SSSR count). The third-order valence-corrected chi connectivity index (χ3v) is 2.11. The second-order valence-corrected chi connectivity index (χ2v) is 3.15. The fourth-order valence-corrected chi connectivity index (χ4v) is 1.32. The monoisotopic (exact) mass is 223 g/mol. The lowest BCUT2D eigenvalue weighted by Gasteiger charge is -2.01. The van der Waals surface area contributed by atoms with Gasteiger partial charge >= 0.3 is 5.97 Å². The molecule has 2 aromatic heterocycles. The first-order valence-electron chi connectivity index (χ1n) is 4.07. The van der Waals surface area contributed by atoms with Crippen molar-refractivity contribution in [3.8, 4) is 5.69 Å². The molecule has 0 radical (unpaired) electrons. The van der Waals surface area contributed by atoms with Gasteiger partial charge in [-0.2, -0.15) is 5.10 Å². The summed E-state index contributed by atoms with van der Waals surface area (Å²) in [5.74, 6) is -1.03. The first kappa shape index (κ1) is 9.67. The Bertz CT molecular complexity index is 510. The second kappa shape index (κ2) is 3.70. The van der Waals surface area contributed by atoms with Gasteiger partial charge < -0.3 is 5.11 Å². The van der Waals surface area contributed by atoms with Crippen molar-refractivity contribution in [2.45, 2.75) is 0 Å². The molecule has 0 fully saturated rings. The number of aromatic carboxylic acids is 1. The van der Waals surface area contributed by atoms with Crippen LogP contribution >= 0.6 is 11.6 Å². The lowest BCUT2D eigenvalue weighted by molar-refractivity contribution is 0.0697. The van der Waals surface area contributed by atoms with Gasteiger partial charge in [0.05, 0.1) is 11.8 Å². The van der Waals surface area contributed by atoms with E-state index in [-0.39, 0.29) is 10.7 Å². The van der Waals surface area contributed by atoms with Crippen molar-refractivity contribution in [3.63, 3.8) is 0 Å². The smallest absolute Gasteiger partial charge is 0.338 e. The van der Waals surface area contributed by atoms with E-state index in [1.54, 1.807) is 18.3 Å². The number of hydrogen-bond acceptors (Lipinski definition) is 3. The summed E-state index contributed by atoms with van der Waals surface area (Å²) in [4.78, 5) is 14.5. The van der Waals surface area contributed by atoms with Gasteiger partial charge in [0.1, 0.15) is 5.69 Å². The van der Waals surface area contributed by atoms with E-state index in [9.17, 15) is 4.79 Å². The number of nitrogens with zero attached hydrogens (tertiary/aromatic N) is 3. The SMILES string of the molecule is O=C(O)c1cnn(-c2cccnc2Cl)c1. The fraction of sp³-hybridized carbons (Fsp3) is 0. The highest BCUT2D eigenvalue weighted by atomic mass is 35.5. The van der Waals surface area contributed by atoms with Gasteiger partial charge in [-0.15, -0.1) is 0 Å². The van der Waals surface area contributed by atoms with Gasteiger partial charge in [0, 0.05) is 12.4 Å². The number of carbonyl (C=O) groups is 1. The molecule has 1 N–H and O–H groups in total. The Balaban J connectivity index is 2.46. The standard InChI is InChI=1S/C9H6ClN3O2/c10-8-7(2-1-3-11-8)13-5-6(4-12-13)9(14)15/h1-5H,(H,14,15). The van der Waals surface area contributed by atoms with Gasteiger partial charge in [-0.05, 0) is 12.1 Å².